The Balaban J connectivity index is 2.63. The topological polar surface area (TPSA) is 64.1 Å². The summed E-state index contributed by atoms with van der Waals surface area (Å²) >= 11 is 0. The molecule has 0 saturated heterocycles. The van der Waals surface area contributed by atoms with Gasteiger partial charge in [-0.3, -0.25) is 4.79 Å². The molecule has 0 unspecified atom stereocenters. The van der Waals surface area contributed by atoms with E-state index in [0.717, 1.165) is 25.8 Å². The lowest BCUT2D eigenvalue weighted by atomic mass is 10.4. The Morgan fingerprint density at radius 3 is 2.21 bits per heavy atom. The second-order valence-electron chi connectivity index (χ2n) is 5.33. The minimum absolute atomic E-state index is 0.127. The summed E-state index contributed by atoms with van der Waals surface area (Å²) in [5.74, 6) is -0.940. The summed E-state index contributed by atoms with van der Waals surface area (Å²) < 4.78 is 0. The number of hydrogen-bond acceptors (Lipinski definition) is 3. The van der Waals surface area contributed by atoms with Gasteiger partial charge in [-0.2, -0.15) is 0 Å². The molecule has 0 aromatic carbocycles. The number of amides is 2. The largest absolute Gasteiger partial charge is 0.480 e. The molecular formula is C13H25N3O3. The van der Waals surface area contributed by atoms with Crippen LogP contribution >= 0.6 is 0 Å². The normalized spacial score (nSPS) is 14.5. The van der Waals surface area contributed by atoms with Gasteiger partial charge in [0, 0.05) is 25.7 Å². The lowest BCUT2D eigenvalue weighted by Crippen LogP contribution is -2.48. The van der Waals surface area contributed by atoms with Crippen molar-refractivity contribution in [3.05, 3.63) is 0 Å². The van der Waals surface area contributed by atoms with Gasteiger partial charge < -0.3 is 19.8 Å². The fraction of sp³-hybridized carbons (Fsp3) is 0.846. The van der Waals surface area contributed by atoms with E-state index in [1.54, 1.807) is 4.90 Å². The van der Waals surface area contributed by atoms with E-state index in [4.69, 9.17) is 5.11 Å². The number of carbonyl (C=O) groups excluding carboxylic acids is 1. The van der Waals surface area contributed by atoms with E-state index in [1.165, 1.54) is 4.90 Å². The lowest BCUT2D eigenvalue weighted by Gasteiger charge is -2.30. The fourth-order valence-electron chi connectivity index (χ4n) is 1.96. The first-order valence-corrected chi connectivity index (χ1v) is 6.87. The summed E-state index contributed by atoms with van der Waals surface area (Å²) in [6.07, 6.45) is 2.73. The third-order valence-electron chi connectivity index (χ3n) is 3.12. The standard InChI is InChI=1S/C13H25N3O3/c1-4-7-15(9-8-14(2)3)13(19)16(10-12(17)18)11-5-6-11/h11H,4-10H2,1-3H3,(H,17,18). The van der Waals surface area contributed by atoms with Crippen molar-refractivity contribution in [2.45, 2.75) is 32.2 Å². The Morgan fingerprint density at radius 2 is 1.79 bits per heavy atom. The highest BCUT2D eigenvalue weighted by molar-refractivity contribution is 5.80. The highest BCUT2D eigenvalue weighted by atomic mass is 16.4. The Hall–Kier alpha value is -1.30. The highest BCUT2D eigenvalue weighted by Crippen LogP contribution is 2.27. The minimum atomic E-state index is -0.940. The predicted molar refractivity (Wildman–Crippen MR) is 73.2 cm³/mol. The number of hydrogen-bond donors (Lipinski definition) is 1. The maximum absolute atomic E-state index is 12.4. The van der Waals surface area contributed by atoms with Gasteiger partial charge >= 0.3 is 12.0 Å². The highest BCUT2D eigenvalue weighted by Gasteiger charge is 2.35. The molecule has 0 radical (unpaired) electrons. The van der Waals surface area contributed by atoms with Crippen LogP contribution in [0.15, 0.2) is 0 Å². The van der Waals surface area contributed by atoms with Crippen LogP contribution in [-0.2, 0) is 4.79 Å². The van der Waals surface area contributed by atoms with Crippen molar-refractivity contribution in [3.63, 3.8) is 0 Å². The number of carboxylic acid groups (broad SMARTS) is 1. The molecule has 1 N–H and O–H groups in total. The second-order valence-corrected chi connectivity index (χ2v) is 5.33. The molecule has 2 amide bonds. The summed E-state index contributed by atoms with van der Waals surface area (Å²) in [6.45, 7) is 3.94. The molecule has 110 valence electrons. The van der Waals surface area contributed by atoms with Crippen molar-refractivity contribution >= 4 is 12.0 Å². The van der Waals surface area contributed by atoms with Gasteiger partial charge in [0.25, 0.3) is 0 Å². The third kappa shape index (κ3) is 5.46. The molecule has 0 bridgehead atoms. The van der Waals surface area contributed by atoms with E-state index in [1.807, 2.05) is 25.9 Å². The summed E-state index contributed by atoms with van der Waals surface area (Å²) in [5, 5.41) is 8.92. The van der Waals surface area contributed by atoms with Crippen LogP contribution in [0.1, 0.15) is 26.2 Å². The number of aliphatic carboxylic acids is 1. The van der Waals surface area contributed by atoms with E-state index in [-0.39, 0.29) is 18.6 Å². The van der Waals surface area contributed by atoms with Crippen molar-refractivity contribution in [2.75, 3.05) is 40.3 Å². The van der Waals surface area contributed by atoms with Crippen molar-refractivity contribution in [2.24, 2.45) is 0 Å². The maximum atomic E-state index is 12.4. The fourth-order valence-corrected chi connectivity index (χ4v) is 1.96. The van der Waals surface area contributed by atoms with Gasteiger partial charge in [0.2, 0.25) is 0 Å². The summed E-state index contributed by atoms with van der Waals surface area (Å²) in [4.78, 5) is 28.6. The molecule has 6 nitrogen and oxygen atoms in total. The zero-order valence-electron chi connectivity index (χ0n) is 12.1. The van der Waals surface area contributed by atoms with Gasteiger partial charge in [0.05, 0.1) is 0 Å². The third-order valence-corrected chi connectivity index (χ3v) is 3.12. The van der Waals surface area contributed by atoms with Crippen LogP contribution in [0.2, 0.25) is 0 Å². The molecule has 1 aliphatic rings. The monoisotopic (exact) mass is 271 g/mol. The molecular weight excluding hydrogens is 246 g/mol. The molecule has 0 aromatic heterocycles. The molecule has 0 aromatic rings. The number of carboxylic acids is 1. The molecule has 1 rings (SSSR count). The van der Waals surface area contributed by atoms with Crippen LogP contribution in [0.3, 0.4) is 0 Å². The van der Waals surface area contributed by atoms with Crippen LogP contribution in [-0.4, -0.2) is 78.1 Å². The molecule has 0 heterocycles. The Labute approximate surface area is 115 Å². The first kappa shape index (κ1) is 15.8. The van der Waals surface area contributed by atoms with E-state index < -0.39 is 5.97 Å². The van der Waals surface area contributed by atoms with Crippen LogP contribution in [0.5, 0.6) is 0 Å². The number of urea groups is 1. The van der Waals surface area contributed by atoms with E-state index in [2.05, 4.69) is 0 Å². The minimum Gasteiger partial charge on any atom is -0.480 e. The number of carbonyl (C=O) groups is 2. The zero-order valence-corrected chi connectivity index (χ0v) is 12.1. The summed E-state index contributed by atoms with van der Waals surface area (Å²) in [5.41, 5.74) is 0. The number of rotatable bonds is 8. The Bertz CT molecular complexity index is 316. The molecule has 6 heteroatoms. The molecule has 0 aliphatic heterocycles. The van der Waals surface area contributed by atoms with Crippen molar-refractivity contribution in [1.29, 1.82) is 0 Å². The van der Waals surface area contributed by atoms with Gasteiger partial charge in [0.15, 0.2) is 0 Å². The first-order chi connectivity index (χ1) is 8.95. The second kappa shape index (κ2) is 7.33. The molecule has 1 saturated carbocycles. The van der Waals surface area contributed by atoms with Crippen LogP contribution in [0, 0.1) is 0 Å². The first-order valence-electron chi connectivity index (χ1n) is 6.87. The molecule has 19 heavy (non-hydrogen) atoms. The average molecular weight is 271 g/mol. The van der Waals surface area contributed by atoms with Gasteiger partial charge in [0.1, 0.15) is 6.54 Å². The Morgan fingerprint density at radius 1 is 1.16 bits per heavy atom. The van der Waals surface area contributed by atoms with Crippen molar-refractivity contribution < 1.29 is 14.7 Å². The van der Waals surface area contributed by atoms with Crippen LogP contribution in [0.4, 0.5) is 4.79 Å². The van der Waals surface area contributed by atoms with Gasteiger partial charge in [-0.15, -0.1) is 0 Å². The Kier molecular flexibility index (Phi) is 6.08. The van der Waals surface area contributed by atoms with E-state index in [0.29, 0.717) is 13.1 Å². The number of likely N-dealkylation sites (N-methyl/N-ethyl adjacent to an activating group) is 1. The van der Waals surface area contributed by atoms with Gasteiger partial charge in [-0.25, -0.2) is 4.79 Å². The van der Waals surface area contributed by atoms with E-state index in [9.17, 15) is 9.59 Å². The van der Waals surface area contributed by atoms with Gasteiger partial charge in [-0.05, 0) is 33.4 Å². The summed E-state index contributed by atoms with van der Waals surface area (Å²) in [6, 6.07) is -0.00378. The SMILES string of the molecule is CCCN(CCN(C)C)C(=O)N(CC(=O)O)C1CC1. The lowest BCUT2D eigenvalue weighted by molar-refractivity contribution is -0.137. The number of nitrogens with zero attached hydrogens (tertiary/aromatic N) is 3. The molecule has 1 fully saturated rings. The van der Waals surface area contributed by atoms with Crippen molar-refractivity contribution in [1.82, 2.24) is 14.7 Å². The quantitative estimate of drug-likeness (QED) is 0.713. The maximum Gasteiger partial charge on any atom is 0.323 e. The average Bonchev–Trinajstić information content (AvgIpc) is 3.14. The van der Waals surface area contributed by atoms with Crippen molar-refractivity contribution in [3.8, 4) is 0 Å². The predicted octanol–water partition coefficient (Wildman–Crippen LogP) is 0.929. The summed E-state index contributed by atoms with van der Waals surface area (Å²) in [7, 11) is 3.93. The molecule has 0 spiro atoms. The van der Waals surface area contributed by atoms with Crippen LogP contribution < -0.4 is 0 Å². The zero-order chi connectivity index (χ0) is 14.4. The van der Waals surface area contributed by atoms with Gasteiger partial charge in [-0.1, -0.05) is 6.92 Å². The molecule has 0 atom stereocenters. The van der Waals surface area contributed by atoms with Crippen LogP contribution in [0.25, 0.3) is 0 Å². The smallest absolute Gasteiger partial charge is 0.323 e. The van der Waals surface area contributed by atoms with E-state index >= 15 is 0 Å². The molecule has 1 aliphatic carbocycles.